The van der Waals surface area contributed by atoms with Crippen LogP contribution in [0.4, 0.5) is 0 Å². The summed E-state index contributed by atoms with van der Waals surface area (Å²) >= 11 is 0. The lowest BCUT2D eigenvalue weighted by Crippen LogP contribution is -2.55. The van der Waals surface area contributed by atoms with Crippen molar-refractivity contribution in [2.45, 2.75) is 44.7 Å². The second-order valence-corrected chi connectivity index (χ2v) is 8.34. The summed E-state index contributed by atoms with van der Waals surface area (Å²) in [5.74, 6) is 0.494. The molecule has 0 radical (unpaired) electrons. The summed E-state index contributed by atoms with van der Waals surface area (Å²) in [6, 6.07) is 0.380. The third-order valence-electron chi connectivity index (χ3n) is 6.56. The molecule has 0 aromatic carbocycles. The summed E-state index contributed by atoms with van der Waals surface area (Å²) in [4.78, 5) is 35.5. The SMILES string of the molecule is CN1CCC(N2CC3(CCC2=O)CCN(C(=O)Cn2ccnc2)CC3)C1. The van der Waals surface area contributed by atoms with Gasteiger partial charge >= 0.3 is 0 Å². The van der Waals surface area contributed by atoms with E-state index in [2.05, 4.69) is 21.8 Å². The quantitative estimate of drug-likeness (QED) is 0.802. The molecule has 0 N–H and O–H groups in total. The van der Waals surface area contributed by atoms with Crippen molar-refractivity contribution in [2.24, 2.45) is 5.41 Å². The van der Waals surface area contributed by atoms with Gasteiger partial charge in [-0.05, 0) is 44.7 Å². The molecule has 1 unspecified atom stereocenters. The van der Waals surface area contributed by atoms with E-state index in [1.54, 1.807) is 12.5 Å². The number of imidazole rings is 1. The van der Waals surface area contributed by atoms with Crippen LogP contribution in [0.2, 0.25) is 0 Å². The molecule has 0 aliphatic carbocycles. The largest absolute Gasteiger partial charge is 0.341 e. The average molecular weight is 359 g/mol. The minimum atomic E-state index is 0.166. The van der Waals surface area contributed by atoms with Gasteiger partial charge in [-0.3, -0.25) is 9.59 Å². The second kappa shape index (κ2) is 7.02. The van der Waals surface area contributed by atoms with Gasteiger partial charge in [-0.1, -0.05) is 0 Å². The molecule has 3 aliphatic rings. The maximum absolute atomic E-state index is 12.5. The molecule has 7 nitrogen and oxygen atoms in total. The van der Waals surface area contributed by atoms with E-state index in [0.717, 1.165) is 58.4 Å². The first-order valence-corrected chi connectivity index (χ1v) is 9.76. The average Bonchev–Trinajstić information content (AvgIpc) is 3.30. The third kappa shape index (κ3) is 3.49. The van der Waals surface area contributed by atoms with Crippen LogP contribution < -0.4 is 0 Å². The Morgan fingerprint density at radius 3 is 2.73 bits per heavy atom. The maximum Gasteiger partial charge on any atom is 0.242 e. The molecule has 2 amide bonds. The van der Waals surface area contributed by atoms with E-state index in [9.17, 15) is 9.59 Å². The lowest BCUT2D eigenvalue weighted by atomic mass is 9.72. The molecule has 7 heteroatoms. The number of carbonyl (C=O) groups excluding carboxylic acids is 2. The van der Waals surface area contributed by atoms with E-state index < -0.39 is 0 Å². The zero-order chi connectivity index (χ0) is 18.1. The van der Waals surface area contributed by atoms with E-state index in [0.29, 0.717) is 24.9 Å². The molecule has 1 atom stereocenters. The number of aromatic nitrogens is 2. The van der Waals surface area contributed by atoms with Gasteiger partial charge in [0, 0.05) is 51.0 Å². The van der Waals surface area contributed by atoms with Crippen molar-refractivity contribution < 1.29 is 9.59 Å². The van der Waals surface area contributed by atoms with Crippen LogP contribution in [0.5, 0.6) is 0 Å². The molecule has 3 saturated heterocycles. The maximum atomic E-state index is 12.5. The fraction of sp³-hybridized carbons (Fsp3) is 0.737. The highest BCUT2D eigenvalue weighted by molar-refractivity contribution is 5.78. The number of likely N-dealkylation sites (N-methyl/N-ethyl adjacent to an activating group) is 1. The number of piperidine rings is 2. The molecule has 142 valence electrons. The first-order chi connectivity index (χ1) is 12.5. The van der Waals surface area contributed by atoms with Crippen molar-refractivity contribution >= 4 is 11.8 Å². The van der Waals surface area contributed by atoms with Crippen molar-refractivity contribution in [1.29, 1.82) is 0 Å². The Labute approximate surface area is 154 Å². The number of hydrogen-bond donors (Lipinski definition) is 0. The van der Waals surface area contributed by atoms with Gasteiger partial charge in [0.25, 0.3) is 0 Å². The Hall–Kier alpha value is -1.89. The van der Waals surface area contributed by atoms with E-state index in [1.807, 2.05) is 15.7 Å². The van der Waals surface area contributed by atoms with E-state index in [-0.39, 0.29) is 11.3 Å². The lowest BCUT2D eigenvalue weighted by molar-refractivity contribution is -0.145. The molecule has 1 spiro atoms. The van der Waals surface area contributed by atoms with Crippen molar-refractivity contribution in [3.05, 3.63) is 18.7 Å². The van der Waals surface area contributed by atoms with Crippen LogP contribution >= 0.6 is 0 Å². The Balaban J connectivity index is 1.35. The normalized spacial score (nSPS) is 26.7. The molecular weight excluding hydrogens is 330 g/mol. The van der Waals surface area contributed by atoms with Gasteiger partial charge in [0.1, 0.15) is 6.54 Å². The minimum Gasteiger partial charge on any atom is -0.341 e. The Morgan fingerprint density at radius 1 is 1.27 bits per heavy atom. The first kappa shape index (κ1) is 17.5. The Morgan fingerprint density at radius 2 is 2.08 bits per heavy atom. The zero-order valence-electron chi connectivity index (χ0n) is 15.6. The highest BCUT2D eigenvalue weighted by Crippen LogP contribution is 2.41. The molecule has 4 rings (SSSR count). The molecule has 1 aromatic rings. The molecule has 0 saturated carbocycles. The first-order valence-electron chi connectivity index (χ1n) is 9.76. The van der Waals surface area contributed by atoms with Crippen LogP contribution in [-0.2, 0) is 16.1 Å². The number of amides is 2. The predicted octanol–water partition coefficient (Wildman–Crippen LogP) is 0.818. The van der Waals surface area contributed by atoms with Gasteiger partial charge in [-0.2, -0.15) is 0 Å². The van der Waals surface area contributed by atoms with Crippen LogP contribution in [0.3, 0.4) is 0 Å². The van der Waals surface area contributed by atoms with Crippen LogP contribution in [0.25, 0.3) is 0 Å². The van der Waals surface area contributed by atoms with Crippen molar-refractivity contribution in [3.63, 3.8) is 0 Å². The topological polar surface area (TPSA) is 61.7 Å². The Bertz CT molecular complexity index is 651. The van der Waals surface area contributed by atoms with Gasteiger partial charge in [-0.25, -0.2) is 4.98 Å². The smallest absolute Gasteiger partial charge is 0.242 e. The summed E-state index contributed by atoms with van der Waals surface area (Å²) < 4.78 is 1.82. The second-order valence-electron chi connectivity index (χ2n) is 8.34. The molecule has 1 aromatic heterocycles. The third-order valence-corrected chi connectivity index (χ3v) is 6.56. The fourth-order valence-corrected chi connectivity index (χ4v) is 4.82. The van der Waals surface area contributed by atoms with Gasteiger partial charge in [0.2, 0.25) is 11.8 Å². The number of likely N-dealkylation sites (tertiary alicyclic amines) is 3. The number of rotatable bonds is 3. The fourth-order valence-electron chi connectivity index (χ4n) is 4.82. The molecule has 26 heavy (non-hydrogen) atoms. The molecule has 0 bridgehead atoms. The van der Waals surface area contributed by atoms with E-state index in [1.165, 1.54) is 0 Å². The highest BCUT2D eigenvalue weighted by Gasteiger charge is 2.44. The summed E-state index contributed by atoms with van der Waals surface area (Å²) in [7, 11) is 2.13. The predicted molar refractivity (Wildman–Crippen MR) is 97.3 cm³/mol. The van der Waals surface area contributed by atoms with Crippen molar-refractivity contribution in [2.75, 3.05) is 39.8 Å². The van der Waals surface area contributed by atoms with Crippen molar-refractivity contribution in [1.82, 2.24) is 24.3 Å². The van der Waals surface area contributed by atoms with Crippen molar-refractivity contribution in [3.8, 4) is 0 Å². The number of carbonyl (C=O) groups is 2. The molecule has 3 aliphatic heterocycles. The minimum absolute atomic E-state index is 0.166. The Kier molecular flexibility index (Phi) is 4.73. The summed E-state index contributed by atoms with van der Waals surface area (Å²) in [5.41, 5.74) is 0.209. The van der Waals surface area contributed by atoms with Crippen LogP contribution in [0, 0.1) is 5.41 Å². The van der Waals surface area contributed by atoms with Gasteiger partial charge < -0.3 is 19.3 Å². The lowest BCUT2D eigenvalue weighted by Gasteiger charge is -2.49. The highest BCUT2D eigenvalue weighted by atomic mass is 16.2. The molecular formula is C19H29N5O2. The van der Waals surface area contributed by atoms with Gasteiger partial charge in [0.15, 0.2) is 0 Å². The number of nitrogens with zero attached hydrogens (tertiary/aromatic N) is 5. The van der Waals surface area contributed by atoms with Crippen LogP contribution in [0.15, 0.2) is 18.7 Å². The summed E-state index contributed by atoms with van der Waals surface area (Å²) in [5, 5.41) is 0. The number of hydrogen-bond acceptors (Lipinski definition) is 4. The van der Waals surface area contributed by atoms with Crippen LogP contribution in [-0.4, -0.2) is 81.9 Å². The van der Waals surface area contributed by atoms with Gasteiger partial charge in [0.05, 0.1) is 6.33 Å². The standard InChI is InChI=1S/C19H29N5O2/c1-21-8-3-16(12-21)24-14-19(4-2-17(24)25)5-9-23(10-6-19)18(26)13-22-11-7-20-15-22/h7,11,15-16H,2-6,8-10,12-14H2,1H3. The molecule has 4 heterocycles. The van der Waals surface area contributed by atoms with E-state index >= 15 is 0 Å². The zero-order valence-corrected chi connectivity index (χ0v) is 15.6. The summed E-state index contributed by atoms with van der Waals surface area (Å²) in [6.45, 7) is 4.94. The summed E-state index contributed by atoms with van der Waals surface area (Å²) in [6.07, 6.45) is 9.97. The monoisotopic (exact) mass is 359 g/mol. The van der Waals surface area contributed by atoms with E-state index in [4.69, 9.17) is 0 Å². The molecule has 3 fully saturated rings. The van der Waals surface area contributed by atoms with Gasteiger partial charge in [-0.15, -0.1) is 0 Å². The van der Waals surface area contributed by atoms with Crippen LogP contribution in [0.1, 0.15) is 32.1 Å².